The van der Waals surface area contributed by atoms with Crippen molar-refractivity contribution in [3.8, 4) is 0 Å². The summed E-state index contributed by atoms with van der Waals surface area (Å²) in [7, 11) is 1.71. The summed E-state index contributed by atoms with van der Waals surface area (Å²) in [5.41, 5.74) is -0.750. The SMILES string of the molecule is CON(C)C(=O)[s+]1ccc2ccc(C(F)(F)F)cc21. The highest BCUT2D eigenvalue weighted by molar-refractivity contribution is 7.54. The van der Waals surface area contributed by atoms with Crippen LogP contribution in [0.3, 0.4) is 0 Å². The number of hydroxylamine groups is 2. The van der Waals surface area contributed by atoms with Gasteiger partial charge >= 0.3 is 11.4 Å². The Morgan fingerprint density at radius 3 is 2.58 bits per heavy atom. The predicted octanol–water partition coefficient (Wildman–Crippen LogP) is 4.07. The van der Waals surface area contributed by atoms with Crippen LogP contribution in [0.15, 0.2) is 29.6 Å². The first-order valence-electron chi connectivity index (χ1n) is 5.29. The van der Waals surface area contributed by atoms with E-state index in [1.165, 1.54) is 20.2 Å². The number of thiophene rings is 1. The molecule has 7 heteroatoms. The number of hydrogen-bond donors (Lipinski definition) is 0. The average Bonchev–Trinajstić information content (AvgIpc) is 2.78. The number of nitrogens with zero attached hydrogens (tertiary/aromatic N) is 1. The van der Waals surface area contributed by atoms with Crippen molar-refractivity contribution in [2.75, 3.05) is 14.2 Å². The van der Waals surface area contributed by atoms with Crippen LogP contribution in [0.1, 0.15) is 5.56 Å². The van der Waals surface area contributed by atoms with Crippen molar-refractivity contribution in [2.45, 2.75) is 6.18 Å². The Balaban J connectivity index is 2.55. The van der Waals surface area contributed by atoms with Crippen molar-refractivity contribution in [3.05, 3.63) is 35.2 Å². The van der Waals surface area contributed by atoms with Gasteiger partial charge in [0.2, 0.25) is 0 Å². The highest BCUT2D eigenvalue weighted by Crippen LogP contribution is 2.38. The molecule has 0 aliphatic heterocycles. The first-order chi connectivity index (χ1) is 8.84. The molecule has 0 aliphatic rings. The molecule has 2 aromatic rings. The highest BCUT2D eigenvalue weighted by Gasteiger charge is 2.33. The van der Waals surface area contributed by atoms with E-state index in [0.29, 0.717) is 10.1 Å². The summed E-state index contributed by atoms with van der Waals surface area (Å²) >= 11 is 0. The standard InChI is InChI=1S/C12H11F3NO2S/c1-16(18-2)11(17)19-6-5-8-3-4-9(7-10(8)19)12(13,14)15/h3-7H,1-2H3/q+1. The van der Waals surface area contributed by atoms with E-state index in [1.54, 1.807) is 11.4 Å². The topological polar surface area (TPSA) is 29.5 Å². The molecular formula is C12H11F3NO2S+. The summed E-state index contributed by atoms with van der Waals surface area (Å²) < 4.78 is 38.4. The Morgan fingerprint density at radius 1 is 1.32 bits per heavy atom. The third-order valence-electron chi connectivity index (χ3n) is 2.68. The highest BCUT2D eigenvalue weighted by atomic mass is 32.2. The van der Waals surface area contributed by atoms with Crippen LogP contribution in [-0.4, -0.2) is 24.5 Å². The van der Waals surface area contributed by atoms with Crippen LogP contribution in [0.5, 0.6) is 0 Å². The molecule has 0 aliphatic carbocycles. The second kappa shape index (κ2) is 4.82. The summed E-state index contributed by atoms with van der Waals surface area (Å²) in [5.74, 6) is 0. The van der Waals surface area contributed by atoms with Gasteiger partial charge in [0, 0.05) is 24.6 Å². The Labute approximate surface area is 110 Å². The Hall–Kier alpha value is -1.60. The maximum atomic E-state index is 12.7. The summed E-state index contributed by atoms with van der Waals surface area (Å²) in [6, 6.07) is 5.07. The largest absolute Gasteiger partial charge is 0.482 e. The lowest BCUT2D eigenvalue weighted by molar-refractivity contribution is -0.137. The lowest BCUT2D eigenvalue weighted by Crippen LogP contribution is -2.21. The lowest BCUT2D eigenvalue weighted by atomic mass is 10.2. The number of carbonyl (C=O) groups is 1. The molecule has 2 rings (SSSR count). The summed E-state index contributed by atoms with van der Waals surface area (Å²) in [6.45, 7) is 0. The van der Waals surface area contributed by atoms with Crippen molar-refractivity contribution < 1.29 is 22.8 Å². The number of rotatable bonds is 2. The molecule has 0 fully saturated rings. The van der Waals surface area contributed by atoms with Crippen LogP contribution in [-0.2, 0) is 11.0 Å². The van der Waals surface area contributed by atoms with E-state index in [-0.39, 0.29) is 5.24 Å². The quantitative estimate of drug-likeness (QED) is 0.616. The number of hydrogen-bond acceptors (Lipinski definition) is 2. The molecule has 1 aromatic carbocycles. The number of fused-ring (bicyclic) bond motifs is 1. The second-order valence-corrected chi connectivity index (χ2v) is 5.57. The molecule has 1 heterocycles. The van der Waals surface area contributed by atoms with Crippen molar-refractivity contribution in [1.82, 2.24) is 5.06 Å². The summed E-state index contributed by atoms with van der Waals surface area (Å²) in [4.78, 5) is 16.8. The molecule has 1 atom stereocenters. The van der Waals surface area contributed by atoms with E-state index < -0.39 is 22.2 Å². The van der Waals surface area contributed by atoms with Gasteiger partial charge in [0.25, 0.3) is 0 Å². The van der Waals surface area contributed by atoms with Gasteiger partial charge in [0.05, 0.1) is 23.1 Å². The van der Waals surface area contributed by atoms with Gasteiger partial charge in [0.1, 0.15) is 5.38 Å². The lowest BCUT2D eigenvalue weighted by Gasteiger charge is -2.07. The van der Waals surface area contributed by atoms with E-state index in [2.05, 4.69) is 0 Å². The van der Waals surface area contributed by atoms with Crippen molar-refractivity contribution in [1.29, 1.82) is 0 Å². The summed E-state index contributed by atoms with van der Waals surface area (Å²) in [6.07, 6.45) is -4.41. The van der Waals surface area contributed by atoms with Crippen molar-refractivity contribution >= 4 is 25.8 Å². The van der Waals surface area contributed by atoms with Crippen molar-refractivity contribution in [3.63, 3.8) is 0 Å². The zero-order valence-electron chi connectivity index (χ0n) is 10.2. The number of halogens is 3. The van der Waals surface area contributed by atoms with E-state index in [9.17, 15) is 18.0 Å². The van der Waals surface area contributed by atoms with E-state index in [0.717, 1.165) is 17.2 Å². The van der Waals surface area contributed by atoms with Gasteiger partial charge in [-0.2, -0.15) is 18.2 Å². The minimum atomic E-state index is -4.41. The van der Waals surface area contributed by atoms with Crippen LogP contribution < -0.4 is 0 Å². The second-order valence-electron chi connectivity index (χ2n) is 3.84. The third kappa shape index (κ3) is 2.57. The third-order valence-corrected chi connectivity index (χ3v) is 4.55. The maximum Gasteiger partial charge on any atom is 0.482 e. The fourth-order valence-electron chi connectivity index (χ4n) is 1.62. The van der Waals surface area contributed by atoms with Gasteiger partial charge in [-0.05, 0) is 12.1 Å². The fourth-order valence-corrected chi connectivity index (χ4v) is 3.35. The van der Waals surface area contributed by atoms with E-state index in [1.807, 2.05) is 0 Å². The van der Waals surface area contributed by atoms with Gasteiger partial charge < -0.3 is 0 Å². The van der Waals surface area contributed by atoms with Crippen molar-refractivity contribution in [2.24, 2.45) is 0 Å². The Morgan fingerprint density at radius 2 is 2.00 bits per heavy atom. The molecule has 19 heavy (non-hydrogen) atoms. The smallest absolute Gasteiger partial charge is 0.270 e. The van der Waals surface area contributed by atoms with Gasteiger partial charge in [-0.25, -0.2) is 4.79 Å². The molecule has 0 N–H and O–H groups in total. The molecular weight excluding hydrogens is 279 g/mol. The molecule has 0 saturated heterocycles. The molecule has 0 spiro atoms. The fraction of sp³-hybridized carbons (Fsp3) is 0.250. The summed E-state index contributed by atoms with van der Waals surface area (Å²) in [5, 5.41) is 2.87. The molecule has 0 saturated carbocycles. The van der Waals surface area contributed by atoms with E-state index >= 15 is 0 Å². The first kappa shape index (κ1) is 13.8. The van der Waals surface area contributed by atoms with Gasteiger partial charge in [-0.1, -0.05) is 0 Å². The zero-order chi connectivity index (χ0) is 14.2. The van der Waals surface area contributed by atoms with E-state index in [4.69, 9.17) is 4.84 Å². The zero-order valence-corrected chi connectivity index (χ0v) is 11.0. The molecule has 1 amide bonds. The first-order valence-corrected chi connectivity index (χ1v) is 6.57. The minimum Gasteiger partial charge on any atom is -0.270 e. The molecule has 0 bridgehead atoms. The maximum absolute atomic E-state index is 12.7. The number of amides is 1. The Bertz CT molecular complexity index is 621. The van der Waals surface area contributed by atoms with Crippen LogP contribution in [0.2, 0.25) is 0 Å². The van der Waals surface area contributed by atoms with Crippen LogP contribution >= 0.6 is 10.5 Å². The minimum absolute atomic E-state index is 0.378. The van der Waals surface area contributed by atoms with Gasteiger partial charge in [-0.15, -0.1) is 0 Å². The Kier molecular flexibility index (Phi) is 3.51. The predicted molar refractivity (Wildman–Crippen MR) is 67.0 cm³/mol. The number of alkyl halides is 3. The monoisotopic (exact) mass is 290 g/mol. The molecule has 102 valence electrons. The molecule has 0 radical (unpaired) electrons. The van der Waals surface area contributed by atoms with Crippen LogP contribution in [0, 0.1) is 0 Å². The number of carbonyl (C=O) groups excluding carboxylic acids is 1. The molecule has 1 aromatic heterocycles. The van der Waals surface area contributed by atoms with Gasteiger partial charge in [0.15, 0.2) is 4.70 Å². The number of benzene rings is 1. The van der Waals surface area contributed by atoms with Crippen LogP contribution in [0.4, 0.5) is 18.0 Å². The van der Waals surface area contributed by atoms with Crippen LogP contribution in [0.25, 0.3) is 10.1 Å². The normalized spacial score (nSPS) is 12.8. The average molecular weight is 290 g/mol. The van der Waals surface area contributed by atoms with Gasteiger partial charge in [-0.3, -0.25) is 4.84 Å². The molecule has 1 unspecified atom stereocenters. The molecule has 3 nitrogen and oxygen atoms in total.